The van der Waals surface area contributed by atoms with Gasteiger partial charge in [0.1, 0.15) is 5.82 Å². The fraction of sp³-hybridized carbons (Fsp3) is 0.172. The van der Waals surface area contributed by atoms with Crippen molar-refractivity contribution in [1.29, 1.82) is 0 Å². The molecule has 1 aromatic heterocycles. The van der Waals surface area contributed by atoms with E-state index in [1.54, 1.807) is 6.92 Å². The van der Waals surface area contributed by atoms with Crippen molar-refractivity contribution in [3.05, 3.63) is 108 Å². The quantitative estimate of drug-likeness (QED) is 0.258. The number of allylic oxidation sites excluding steroid dienone is 1. The van der Waals surface area contributed by atoms with Gasteiger partial charge in [-0.25, -0.2) is 4.39 Å². The highest BCUT2D eigenvalue weighted by atomic mass is 19.4. The molecule has 3 aromatic carbocycles. The van der Waals surface area contributed by atoms with Crippen LogP contribution in [0.15, 0.2) is 73.8 Å². The molecule has 0 aliphatic heterocycles. The first-order valence-electron chi connectivity index (χ1n) is 11.2. The van der Waals surface area contributed by atoms with Crippen LogP contribution in [0.4, 0.5) is 17.6 Å². The first-order valence-corrected chi connectivity index (χ1v) is 11.2. The summed E-state index contributed by atoms with van der Waals surface area (Å²) in [6.07, 6.45) is -4.20. The van der Waals surface area contributed by atoms with E-state index in [9.17, 15) is 17.6 Å². The summed E-state index contributed by atoms with van der Waals surface area (Å²) in [5.41, 5.74) is 6.26. The minimum atomic E-state index is -4.61. The molecule has 0 bridgehead atoms. The number of hydrogen-bond acceptors (Lipinski definition) is 1. The summed E-state index contributed by atoms with van der Waals surface area (Å²) >= 11 is 0. The number of fused-ring (bicyclic) bond motifs is 1. The van der Waals surface area contributed by atoms with Crippen molar-refractivity contribution >= 4 is 22.2 Å². The van der Waals surface area contributed by atoms with Gasteiger partial charge in [-0.2, -0.15) is 13.2 Å². The highest BCUT2D eigenvalue weighted by molar-refractivity contribution is 5.86. The van der Waals surface area contributed by atoms with E-state index in [4.69, 9.17) is 0 Å². The minimum absolute atomic E-state index is 0.0932. The fourth-order valence-electron chi connectivity index (χ4n) is 4.19. The first-order chi connectivity index (χ1) is 16.5. The third-order valence-corrected chi connectivity index (χ3v) is 6.14. The van der Waals surface area contributed by atoms with Crippen LogP contribution >= 0.6 is 0 Å². The molecule has 6 heteroatoms. The second-order valence-corrected chi connectivity index (χ2v) is 8.70. The monoisotopic (exact) mass is 478 g/mol. The SMILES string of the molecule is C=C(C)c1cccc(-c2ccc(C(=C)NCCc3c(C)[nH]c4c(F)cc(C(F)(F)F)cc34)cc2)c1. The van der Waals surface area contributed by atoms with E-state index >= 15 is 0 Å². The maximum absolute atomic E-state index is 14.3. The van der Waals surface area contributed by atoms with Crippen LogP contribution in [0.3, 0.4) is 0 Å². The molecule has 0 radical (unpaired) electrons. The van der Waals surface area contributed by atoms with Crippen LogP contribution in [-0.2, 0) is 12.6 Å². The van der Waals surface area contributed by atoms with Gasteiger partial charge in [0.15, 0.2) is 0 Å². The minimum Gasteiger partial charge on any atom is -0.385 e. The Bertz CT molecular complexity index is 1410. The predicted molar refractivity (Wildman–Crippen MR) is 135 cm³/mol. The van der Waals surface area contributed by atoms with Crippen LogP contribution in [0.2, 0.25) is 0 Å². The molecule has 0 saturated heterocycles. The molecular formula is C29H26F4N2. The Morgan fingerprint density at radius 1 is 0.943 bits per heavy atom. The summed E-state index contributed by atoms with van der Waals surface area (Å²) in [7, 11) is 0. The van der Waals surface area contributed by atoms with Gasteiger partial charge in [-0.05, 0) is 66.3 Å². The van der Waals surface area contributed by atoms with Crippen molar-refractivity contribution in [2.24, 2.45) is 0 Å². The average molecular weight is 479 g/mol. The van der Waals surface area contributed by atoms with Crippen molar-refractivity contribution in [3.8, 4) is 11.1 Å². The number of nitrogens with one attached hydrogen (secondary N) is 2. The van der Waals surface area contributed by atoms with E-state index in [-0.39, 0.29) is 10.9 Å². The number of benzene rings is 3. The van der Waals surface area contributed by atoms with Crippen LogP contribution < -0.4 is 5.32 Å². The third kappa shape index (κ3) is 5.16. The standard InChI is InChI=1S/C29H26F4N2/c1-17(2)22-6-5-7-23(14-22)21-10-8-20(9-11-21)18(3)34-13-12-25-19(4)35-28-26(25)15-24(16-27(28)30)29(31,32)33/h5-11,14-16,34-35H,1,3,12-13H2,2,4H3. The average Bonchev–Trinajstić information content (AvgIpc) is 3.14. The highest BCUT2D eigenvalue weighted by Gasteiger charge is 2.32. The van der Waals surface area contributed by atoms with Crippen LogP contribution in [0.1, 0.15) is 34.9 Å². The van der Waals surface area contributed by atoms with E-state index in [2.05, 4.69) is 29.5 Å². The molecule has 35 heavy (non-hydrogen) atoms. The maximum Gasteiger partial charge on any atom is 0.416 e. The van der Waals surface area contributed by atoms with Crippen molar-refractivity contribution in [2.45, 2.75) is 26.4 Å². The van der Waals surface area contributed by atoms with Crippen molar-refractivity contribution in [3.63, 3.8) is 0 Å². The summed E-state index contributed by atoms with van der Waals surface area (Å²) in [6.45, 7) is 12.2. The zero-order valence-corrected chi connectivity index (χ0v) is 19.6. The van der Waals surface area contributed by atoms with Gasteiger partial charge in [-0.15, -0.1) is 0 Å². The molecule has 0 atom stereocenters. The molecule has 180 valence electrons. The van der Waals surface area contributed by atoms with E-state index in [0.29, 0.717) is 36.0 Å². The van der Waals surface area contributed by atoms with Gasteiger partial charge in [0.05, 0.1) is 11.1 Å². The summed E-state index contributed by atoms with van der Waals surface area (Å²) in [4.78, 5) is 2.88. The molecule has 4 rings (SSSR count). The zero-order chi connectivity index (χ0) is 25.3. The normalized spacial score (nSPS) is 11.6. The highest BCUT2D eigenvalue weighted by Crippen LogP contribution is 2.35. The number of alkyl halides is 3. The largest absolute Gasteiger partial charge is 0.416 e. The Balaban J connectivity index is 1.46. The van der Waals surface area contributed by atoms with Crippen molar-refractivity contribution in [1.82, 2.24) is 10.3 Å². The van der Waals surface area contributed by atoms with Gasteiger partial charge in [-0.3, -0.25) is 0 Å². The smallest absolute Gasteiger partial charge is 0.385 e. The molecule has 0 saturated carbocycles. The van der Waals surface area contributed by atoms with Gasteiger partial charge < -0.3 is 10.3 Å². The molecule has 0 spiro atoms. The molecule has 0 amide bonds. The second kappa shape index (κ2) is 9.45. The van der Waals surface area contributed by atoms with E-state index in [1.807, 2.05) is 49.4 Å². The number of aromatic amines is 1. The van der Waals surface area contributed by atoms with Crippen molar-refractivity contribution in [2.75, 3.05) is 6.54 Å². The molecule has 1 heterocycles. The fourth-order valence-corrected chi connectivity index (χ4v) is 4.19. The Hall–Kier alpha value is -3.80. The van der Waals surface area contributed by atoms with Crippen LogP contribution in [0.25, 0.3) is 33.3 Å². The molecular weight excluding hydrogens is 452 g/mol. The first kappa shape index (κ1) is 24.3. The lowest BCUT2D eigenvalue weighted by Gasteiger charge is -2.12. The topological polar surface area (TPSA) is 27.8 Å². The lowest BCUT2D eigenvalue weighted by molar-refractivity contribution is -0.137. The van der Waals surface area contributed by atoms with Crippen molar-refractivity contribution < 1.29 is 17.6 Å². The maximum atomic E-state index is 14.3. The summed E-state index contributed by atoms with van der Waals surface area (Å²) in [5, 5.41) is 3.49. The lowest BCUT2D eigenvalue weighted by Crippen LogP contribution is -2.15. The number of aryl methyl sites for hydroxylation is 1. The van der Waals surface area contributed by atoms with Gasteiger partial charge in [-0.1, -0.05) is 61.2 Å². The summed E-state index contributed by atoms with van der Waals surface area (Å²) < 4.78 is 53.8. The van der Waals surface area contributed by atoms with Gasteiger partial charge in [0, 0.05) is 23.3 Å². The Kier molecular flexibility index (Phi) is 6.57. The van der Waals surface area contributed by atoms with Gasteiger partial charge in [0.2, 0.25) is 0 Å². The van der Waals surface area contributed by atoms with E-state index in [1.165, 1.54) is 0 Å². The Labute approximate surface area is 202 Å². The third-order valence-electron chi connectivity index (χ3n) is 6.14. The lowest BCUT2D eigenvalue weighted by atomic mass is 9.99. The predicted octanol–water partition coefficient (Wildman–Crippen LogP) is 8.14. The number of H-pyrrole nitrogens is 1. The molecule has 2 N–H and O–H groups in total. The summed E-state index contributed by atoms with van der Waals surface area (Å²) in [6, 6.07) is 17.7. The zero-order valence-electron chi connectivity index (χ0n) is 19.6. The number of halogens is 4. The summed E-state index contributed by atoms with van der Waals surface area (Å²) in [5.74, 6) is -0.907. The van der Waals surface area contributed by atoms with Crippen LogP contribution in [0, 0.1) is 12.7 Å². The molecule has 0 aliphatic rings. The van der Waals surface area contributed by atoms with E-state index < -0.39 is 17.6 Å². The van der Waals surface area contributed by atoms with Gasteiger partial charge >= 0.3 is 6.18 Å². The second-order valence-electron chi connectivity index (χ2n) is 8.70. The van der Waals surface area contributed by atoms with Gasteiger partial charge in [0.25, 0.3) is 0 Å². The molecule has 2 nitrogen and oxygen atoms in total. The Morgan fingerprint density at radius 3 is 2.31 bits per heavy atom. The molecule has 0 unspecified atom stereocenters. The molecule has 4 aromatic rings. The number of hydrogen-bond donors (Lipinski definition) is 2. The molecule has 0 aliphatic carbocycles. The Morgan fingerprint density at radius 2 is 1.66 bits per heavy atom. The number of aromatic nitrogens is 1. The van der Waals surface area contributed by atoms with Crippen LogP contribution in [0.5, 0.6) is 0 Å². The number of rotatable bonds is 7. The van der Waals surface area contributed by atoms with E-state index in [0.717, 1.165) is 33.9 Å². The van der Waals surface area contributed by atoms with Crippen LogP contribution in [-0.4, -0.2) is 11.5 Å². The molecule has 0 fully saturated rings.